The lowest BCUT2D eigenvalue weighted by atomic mass is 10.1. The summed E-state index contributed by atoms with van der Waals surface area (Å²) in [4.78, 5) is 18.5. The molecule has 4 rings (SSSR count). The number of fused-ring (bicyclic) bond motifs is 3. The minimum atomic E-state index is -0.0467. The Kier molecular flexibility index (Phi) is 5.05. The van der Waals surface area contributed by atoms with Crippen LogP contribution in [0.5, 0.6) is 11.5 Å². The average Bonchev–Trinajstić information content (AvgIpc) is 3.16. The van der Waals surface area contributed by atoms with Crippen molar-refractivity contribution in [2.75, 3.05) is 13.7 Å². The number of ether oxygens (including phenoxy) is 2. The highest BCUT2D eigenvalue weighted by atomic mass is 127. The maximum Gasteiger partial charge on any atom is 0.274 e. The van der Waals surface area contributed by atoms with Gasteiger partial charge in [0.15, 0.2) is 16.5 Å². The third-order valence-corrected chi connectivity index (χ3v) is 6.54. The molecule has 0 N–H and O–H groups in total. The van der Waals surface area contributed by atoms with Gasteiger partial charge in [-0.3, -0.25) is 4.79 Å². The van der Waals surface area contributed by atoms with Crippen LogP contribution in [-0.2, 0) is 0 Å². The zero-order valence-electron chi connectivity index (χ0n) is 16.0. The van der Waals surface area contributed by atoms with E-state index in [2.05, 4.69) is 29.5 Å². The van der Waals surface area contributed by atoms with Gasteiger partial charge in [-0.05, 0) is 84.3 Å². The fourth-order valence-electron chi connectivity index (χ4n) is 3.25. The second-order valence-corrected chi connectivity index (χ2v) is 8.66. The van der Waals surface area contributed by atoms with Crippen LogP contribution in [0.2, 0.25) is 0 Å². The molecule has 28 heavy (non-hydrogen) atoms. The average molecular weight is 506 g/mol. The van der Waals surface area contributed by atoms with Crippen LogP contribution in [0.3, 0.4) is 0 Å². The molecule has 0 aliphatic rings. The molecule has 0 bridgehead atoms. The van der Waals surface area contributed by atoms with Crippen molar-refractivity contribution in [2.24, 2.45) is 0 Å². The second-order valence-electron chi connectivity index (χ2n) is 6.49. The molecule has 0 saturated carbocycles. The molecule has 0 amide bonds. The number of methoxy groups -OCH3 is 1. The minimum absolute atomic E-state index is 0.0467. The van der Waals surface area contributed by atoms with Crippen molar-refractivity contribution < 1.29 is 9.47 Å². The summed E-state index contributed by atoms with van der Waals surface area (Å²) < 4.78 is 14.4. The zero-order chi connectivity index (χ0) is 20.0. The molecule has 2 aromatic heterocycles. The van der Waals surface area contributed by atoms with Gasteiger partial charge in [-0.15, -0.1) is 0 Å². The van der Waals surface area contributed by atoms with E-state index in [-0.39, 0.29) is 5.56 Å². The highest BCUT2D eigenvalue weighted by Crippen LogP contribution is 2.34. The first-order chi connectivity index (χ1) is 13.4. The summed E-state index contributed by atoms with van der Waals surface area (Å²) in [5.74, 6) is 1.38. The molecule has 0 atom stereocenters. The Morgan fingerprint density at radius 1 is 1.29 bits per heavy atom. The number of thiazole rings is 1. The predicted molar refractivity (Wildman–Crippen MR) is 122 cm³/mol. The molecule has 0 spiro atoms. The molecule has 2 aromatic carbocycles. The summed E-state index contributed by atoms with van der Waals surface area (Å²) in [5, 5.41) is 0. The van der Waals surface area contributed by atoms with Gasteiger partial charge in [0.1, 0.15) is 0 Å². The third-order valence-electron chi connectivity index (χ3n) is 4.77. The van der Waals surface area contributed by atoms with E-state index in [1.807, 2.05) is 44.2 Å². The van der Waals surface area contributed by atoms with Gasteiger partial charge in [0.25, 0.3) is 5.56 Å². The van der Waals surface area contributed by atoms with Gasteiger partial charge >= 0.3 is 0 Å². The van der Waals surface area contributed by atoms with Gasteiger partial charge in [0.2, 0.25) is 0 Å². The van der Waals surface area contributed by atoms with Crippen LogP contribution >= 0.6 is 33.9 Å². The van der Waals surface area contributed by atoms with Crippen LogP contribution in [-0.4, -0.2) is 23.1 Å². The Bertz CT molecular complexity index is 1320. The van der Waals surface area contributed by atoms with E-state index < -0.39 is 0 Å². The van der Waals surface area contributed by atoms with Crippen LogP contribution in [0.4, 0.5) is 0 Å². The van der Waals surface area contributed by atoms with Gasteiger partial charge in [-0.25, -0.2) is 9.38 Å². The molecule has 0 saturated heterocycles. The summed E-state index contributed by atoms with van der Waals surface area (Å²) in [7, 11) is 1.63. The molecule has 7 heteroatoms. The Balaban J connectivity index is 1.92. The number of aryl methyl sites for hydroxylation is 2. The molecule has 0 radical (unpaired) electrons. The van der Waals surface area contributed by atoms with Crippen molar-refractivity contribution in [1.29, 1.82) is 0 Å². The van der Waals surface area contributed by atoms with E-state index in [1.54, 1.807) is 11.5 Å². The maximum absolute atomic E-state index is 13.1. The smallest absolute Gasteiger partial charge is 0.274 e. The highest BCUT2D eigenvalue weighted by Gasteiger charge is 2.14. The predicted octanol–water partition coefficient (Wildman–Crippen LogP) is 4.09. The van der Waals surface area contributed by atoms with Crippen LogP contribution in [0.15, 0.2) is 29.1 Å². The van der Waals surface area contributed by atoms with E-state index >= 15 is 0 Å². The molecule has 0 unspecified atom stereocenters. The molecule has 0 fully saturated rings. The molecule has 0 aliphatic heterocycles. The molecule has 0 aliphatic carbocycles. The van der Waals surface area contributed by atoms with E-state index in [0.29, 0.717) is 27.6 Å². The molecule has 4 aromatic rings. The maximum atomic E-state index is 13.1. The Hall–Kier alpha value is -2.13. The van der Waals surface area contributed by atoms with Gasteiger partial charge in [-0.1, -0.05) is 17.4 Å². The number of imidazole rings is 1. The minimum Gasteiger partial charge on any atom is -0.492 e. The SMILES string of the molecule is CCOc1cc(C=c2sc3nc4c(C)c(C)ccc4n3c2=O)cc(I)c1OC. The molecule has 144 valence electrons. The number of halogens is 1. The zero-order valence-corrected chi connectivity index (χ0v) is 19.0. The fourth-order valence-corrected chi connectivity index (χ4v) is 5.07. The van der Waals surface area contributed by atoms with Crippen molar-refractivity contribution >= 4 is 56.0 Å². The molecular weight excluding hydrogens is 487 g/mol. The van der Waals surface area contributed by atoms with Gasteiger partial charge in [0.05, 0.1) is 32.9 Å². The Labute approximate surface area is 179 Å². The summed E-state index contributed by atoms with van der Waals surface area (Å²) in [6.07, 6.45) is 1.89. The standard InChI is InChI=1S/C21H19IN2O3S/c1-5-27-16-9-13(8-14(22)19(16)26-4)10-17-20(25)24-15-7-6-11(2)12(3)18(15)23-21(24)28-17/h6-10H,5H2,1-4H3. The largest absolute Gasteiger partial charge is 0.492 e. The lowest BCUT2D eigenvalue weighted by Gasteiger charge is -2.11. The number of aromatic nitrogens is 2. The molecule has 5 nitrogen and oxygen atoms in total. The number of hydrogen-bond acceptors (Lipinski definition) is 5. The first-order valence-corrected chi connectivity index (χ1v) is 10.8. The van der Waals surface area contributed by atoms with Crippen LogP contribution in [0.1, 0.15) is 23.6 Å². The van der Waals surface area contributed by atoms with Crippen LogP contribution in [0, 0.1) is 17.4 Å². The van der Waals surface area contributed by atoms with Crippen molar-refractivity contribution in [2.45, 2.75) is 20.8 Å². The fraction of sp³-hybridized carbons (Fsp3) is 0.238. The van der Waals surface area contributed by atoms with Gasteiger partial charge < -0.3 is 9.47 Å². The highest BCUT2D eigenvalue weighted by molar-refractivity contribution is 14.1. The number of rotatable bonds is 4. The van der Waals surface area contributed by atoms with E-state index in [1.165, 1.54) is 16.9 Å². The van der Waals surface area contributed by atoms with Crippen molar-refractivity contribution in [3.05, 3.63) is 59.4 Å². The monoisotopic (exact) mass is 506 g/mol. The van der Waals surface area contributed by atoms with Gasteiger partial charge in [0, 0.05) is 0 Å². The molecule has 2 heterocycles. The van der Waals surface area contributed by atoms with Crippen molar-refractivity contribution in [3.63, 3.8) is 0 Å². The normalized spacial score (nSPS) is 12.2. The van der Waals surface area contributed by atoms with Crippen molar-refractivity contribution in [3.8, 4) is 11.5 Å². The van der Waals surface area contributed by atoms with Crippen molar-refractivity contribution in [1.82, 2.24) is 9.38 Å². The lowest BCUT2D eigenvalue weighted by molar-refractivity contribution is 0.309. The lowest BCUT2D eigenvalue weighted by Crippen LogP contribution is -2.22. The third kappa shape index (κ3) is 3.06. The first kappa shape index (κ1) is 19.2. The van der Waals surface area contributed by atoms with Crippen LogP contribution in [0.25, 0.3) is 22.1 Å². The quantitative estimate of drug-likeness (QED) is 0.392. The first-order valence-electron chi connectivity index (χ1n) is 8.87. The second kappa shape index (κ2) is 7.36. The number of benzene rings is 2. The van der Waals surface area contributed by atoms with E-state index in [0.717, 1.165) is 25.7 Å². The number of hydrogen-bond donors (Lipinski definition) is 0. The summed E-state index contributed by atoms with van der Waals surface area (Å²) in [5.41, 5.74) is 4.89. The van der Waals surface area contributed by atoms with Crippen LogP contribution < -0.4 is 19.6 Å². The summed E-state index contributed by atoms with van der Waals surface area (Å²) in [6.45, 7) is 6.57. The van der Waals surface area contributed by atoms with Gasteiger partial charge in [-0.2, -0.15) is 0 Å². The molecular formula is C21H19IN2O3S. The topological polar surface area (TPSA) is 52.8 Å². The Morgan fingerprint density at radius 2 is 2.07 bits per heavy atom. The van der Waals surface area contributed by atoms with E-state index in [9.17, 15) is 4.79 Å². The summed E-state index contributed by atoms with van der Waals surface area (Å²) >= 11 is 3.62. The van der Waals surface area contributed by atoms with E-state index in [4.69, 9.17) is 14.5 Å². The number of nitrogens with zero attached hydrogens (tertiary/aromatic N) is 2. The summed E-state index contributed by atoms with van der Waals surface area (Å²) in [6, 6.07) is 7.89. The Morgan fingerprint density at radius 3 is 2.79 bits per heavy atom.